The van der Waals surface area contributed by atoms with E-state index in [2.05, 4.69) is 38.7 Å². The van der Waals surface area contributed by atoms with Gasteiger partial charge in [-0.05, 0) is 31.9 Å². The van der Waals surface area contributed by atoms with Crippen LogP contribution in [0.5, 0.6) is 5.75 Å². The van der Waals surface area contributed by atoms with Crippen molar-refractivity contribution in [2.75, 3.05) is 31.6 Å². The van der Waals surface area contributed by atoms with Gasteiger partial charge in [0.15, 0.2) is 5.96 Å². The summed E-state index contributed by atoms with van der Waals surface area (Å²) >= 11 is 0. The van der Waals surface area contributed by atoms with E-state index in [1.165, 1.54) is 5.69 Å². The van der Waals surface area contributed by atoms with Crippen LogP contribution in [0.1, 0.15) is 19.8 Å². The van der Waals surface area contributed by atoms with Gasteiger partial charge in [0.25, 0.3) is 0 Å². The fraction of sp³-hybridized carbons (Fsp3) is 0.500. The maximum Gasteiger partial charge on any atom is 0.191 e. The number of nitrogens with zero attached hydrogens (tertiary/aromatic N) is 4. The molecule has 2 N–H and O–H groups in total. The highest BCUT2D eigenvalue weighted by Crippen LogP contribution is 2.19. The minimum absolute atomic E-state index is 0.0456. The van der Waals surface area contributed by atoms with Gasteiger partial charge >= 0.3 is 0 Å². The largest absolute Gasteiger partial charge is 0.489 e. The van der Waals surface area contributed by atoms with Gasteiger partial charge in [-0.2, -0.15) is 5.10 Å². The first kappa shape index (κ1) is 19.1. The summed E-state index contributed by atoms with van der Waals surface area (Å²) < 4.78 is 7.76. The summed E-state index contributed by atoms with van der Waals surface area (Å²) in [6.07, 6.45) is 6.32. The van der Waals surface area contributed by atoms with E-state index in [-0.39, 0.29) is 6.10 Å². The number of piperidine rings is 1. The highest BCUT2D eigenvalue weighted by molar-refractivity contribution is 5.80. The summed E-state index contributed by atoms with van der Waals surface area (Å²) in [6.45, 7) is 4.76. The van der Waals surface area contributed by atoms with Crippen molar-refractivity contribution in [2.24, 2.45) is 12.0 Å². The van der Waals surface area contributed by atoms with E-state index in [0.717, 1.165) is 37.6 Å². The first-order chi connectivity index (χ1) is 13.1. The molecule has 1 saturated heterocycles. The zero-order chi connectivity index (χ0) is 19.1. The quantitative estimate of drug-likeness (QED) is 0.602. The Hall–Kier alpha value is -2.70. The molecule has 27 heavy (non-hydrogen) atoms. The third kappa shape index (κ3) is 5.64. The van der Waals surface area contributed by atoms with Crippen molar-refractivity contribution in [2.45, 2.75) is 31.9 Å². The summed E-state index contributed by atoms with van der Waals surface area (Å²) in [5.41, 5.74) is 1.18. The number of para-hydroxylation sites is 1. The number of rotatable bonds is 6. The number of aliphatic imine (C=N–C) groups is 1. The number of aromatic nitrogens is 2. The Morgan fingerprint density at radius 1 is 1.37 bits per heavy atom. The maximum atomic E-state index is 5.91. The number of ether oxygens (including phenoxy) is 1. The second-order valence-electron chi connectivity index (χ2n) is 7.00. The van der Waals surface area contributed by atoms with E-state index < -0.39 is 0 Å². The summed E-state index contributed by atoms with van der Waals surface area (Å²) in [7, 11) is 3.76. The molecule has 0 spiro atoms. The van der Waals surface area contributed by atoms with E-state index >= 15 is 0 Å². The van der Waals surface area contributed by atoms with Crippen LogP contribution in [0.3, 0.4) is 0 Å². The maximum absolute atomic E-state index is 5.91. The molecule has 1 aliphatic heterocycles. The third-order valence-corrected chi connectivity index (χ3v) is 4.68. The van der Waals surface area contributed by atoms with Gasteiger partial charge in [0.2, 0.25) is 0 Å². The number of benzene rings is 1. The summed E-state index contributed by atoms with van der Waals surface area (Å²) in [5.74, 6) is 1.70. The van der Waals surface area contributed by atoms with Crippen LogP contribution < -0.4 is 20.3 Å². The zero-order valence-electron chi connectivity index (χ0n) is 16.4. The van der Waals surface area contributed by atoms with Gasteiger partial charge in [0.1, 0.15) is 11.9 Å². The predicted octanol–water partition coefficient (Wildman–Crippen LogP) is 2.02. The van der Waals surface area contributed by atoms with E-state index in [1.54, 1.807) is 7.05 Å². The van der Waals surface area contributed by atoms with Crippen LogP contribution in [0.2, 0.25) is 0 Å². The van der Waals surface area contributed by atoms with Gasteiger partial charge < -0.3 is 20.3 Å². The predicted molar refractivity (Wildman–Crippen MR) is 109 cm³/mol. The fourth-order valence-electron chi connectivity index (χ4n) is 3.30. The van der Waals surface area contributed by atoms with Crippen LogP contribution in [0, 0.1) is 0 Å². The molecular weight excluding hydrogens is 340 g/mol. The lowest BCUT2D eigenvalue weighted by molar-refractivity contribution is 0.223. The molecule has 0 radical (unpaired) electrons. The molecule has 1 aliphatic rings. The lowest BCUT2D eigenvalue weighted by Gasteiger charge is -2.34. The van der Waals surface area contributed by atoms with Crippen LogP contribution in [-0.2, 0) is 7.05 Å². The molecule has 0 amide bonds. The lowest BCUT2D eigenvalue weighted by Crippen LogP contribution is -2.52. The number of hydrogen-bond donors (Lipinski definition) is 2. The van der Waals surface area contributed by atoms with Crippen LogP contribution in [0.15, 0.2) is 47.7 Å². The van der Waals surface area contributed by atoms with Gasteiger partial charge in [0, 0.05) is 39.4 Å². The molecule has 0 saturated carbocycles. The summed E-state index contributed by atoms with van der Waals surface area (Å²) in [6, 6.07) is 10.2. The normalized spacial score (nSPS) is 18.9. The van der Waals surface area contributed by atoms with Crippen molar-refractivity contribution < 1.29 is 4.74 Å². The molecule has 7 heteroatoms. The average molecular weight is 371 g/mol. The summed E-state index contributed by atoms with van der Waals surface area (Å²) in [5, 5.41) is 11.2. The number of anilines is 1. The van der Waals surface area contributed by atoms with Gasteiger partial charge in [-0.1, -0.05) is 18.2 Å². The molecule has 2 aromatic rings. The smallest absolute Gasteiger partial charge is 0.191 e. The van der Waals surface area contributed by atoms with E-state index in [0.29, 0.717) is 12.6 Å². The number of hydrogen-bond acceptors (Lipinski definition) is 4. The molecule has 1 fully saturated rings. The van der Waals surface area contributed by atoms with Crippen LogP contribution in [-0.4, -0.2) is 54.6 Å². The number of aryl methyl sites for hydroxylation is 1. The highest BCUT2D eigenvalue weighted by Gasteiger charge is 2.22. The Morgan fingerprint density at radius 3 is 2.89 bits per heavy atom. The molecule has 2 heterocycles. The molecular formula is C20H30N6O. The van der Waals surface area contributed by atoms with Gasteiger partial charge in [0.05, 0.1) is 18.4 Å². The molecule has 0 aliphatic carbocycles. The van der Waals surface area contributed by atoms with E-state index in [9.17, 15) is 0 Å². The average Bonchev–Trinajstić information content (AvgIpc) is 3.12. The van der Waals surface area contributed by atoms with Crippen LogP contribution in [0.4, 0.5) is 5.69 Å². The Kier molecular flexibility index (Phi) is 6.57. The highest BCUT2D eigenvalue weighted by atomic mass is 16.5. The Morgan fingerprint density at radius 2 is 2.19 bits per heavy atom. The molecule has 146 valence electrons. The molecule has 1 aromatic heterocycles. The van der Waals surface area contributed by atoms with Gasteiger partial charge in [-0.25, -0.2) is 0 Å². The first-order valence-electron chi connectivity index (χ1n) is 9.56. The van der Waals surface area contributed by atoms with Crippen LogP contribution >= 0.6 is 0 Å². The molecule has 2 unspecified atom stereocenters. The minimum Gasteiger partial charge on any atom is -0.489 e. The topological polar surface area (TPSA) is 66.7 Å². The number of guanidine groups is 1. The lowest BCUT2D eigenvalue weighted by atomic mass is 10.1. The second-order valence-corrected chi connectivity index (χ2v) is 7.00. The third-order valence-electron chi connectivity index (χ3n) is 4.68. The van der Waals surface area contributed by atoms with Crippen molar-refractivity contribution in [1.82, 2.24) is 20.4 Å². The van der Waals surface area contributed by atoms with Crippen molar-refractivity contribution in [1.29, 1.82) is 0 Å². The monoisotopic (exact) mass is 370 g/mol. The van der Waals surface area contributed by atoms with Gasteiger partial charge in [-0.15, -0.1) is 0 Å². The Balaban J connectivity index is 1.46. The van der Waals surface area contributed by atoms with E-state index in [1.807, 2.05) is 48.3 Å². The van der Waals surface area contributed by atoms with Crippen molar-refractivity contribution in [3.05, 3.63) is 42.7 Å². The molecule has 0 bridgehead atoms. The van der Waals surface area contributed by atoms with Gasteiger partial charge in [-0.3, -0.25) is 9.67 Å². The van der Waals surface area contributed by atoms with Crippen molar-refractivity contribution in [3.63, 3.8) is 0 Å². The van der Waals surface area contributed by atoms with Crippen LogP contribution in [0.25, 0.3) is 0 Å². The van der Waals surface area contributed by atoms with Crippen molar-refractivity contribution in [3.8, 4) is 5.75 Å². The number of nitrogens with one attached hydrogen (secondary N) is 2. The minimum atomic E-state index is 0.0456. The zero-order valence-corrected chi connectivity index (χ0v) is 16.4. The molecule has 3 rings (SSSR count). The van der Waals surface area contributed by atoms with E-state index in [4.69, 9.17) is 4.74 Å². The molecule has 7 nitrogen and oxygen atoms in total. The Labute approximate surface area is 161 Å². The fourth-order valence-corrected chi connectivity index (χ4v) is 3.30. The first-order valence-corrected chi connectivity index (χ1v) is 9.56. The SMILES string of the molecule is CN=C(NCC(C)Oc1ccccc1)NC1CCCN(c2cnn(C)c2)C1. The molecule has 1 aromatic carbocycles. The Bertz CT molecular complexity index is 729. The molecule has 2 atom stereocenters. The standard InChI is InChI=1S/C20H30N6O/c1-16(27-19-9-5-4-6-10-19)12-22-20(21-2)24-17-8-7-11-26(14-17)18-13-23-25(3)15-18/h4-6,9-10,13,15-17H,7-8,11-12,14H2,1-3H3,(H2,21,22,24). The second kappa shape index (κ2) is 9.30. The van der Waals surface area contributed by atoms with Crippen molar-refractivity contribution >= 4 is 11.6 Å². The summed E-state index contributed by atoms with van der Waals surface area (Å²) in [4.78, 5) is 6.74.